The molecule has 2 rings (SSSR count). The molecule has 0 spiro atoms. The SMILES string of the molecule is N#CCC1C=Cc2ccccc2O1. The molecular weight excluding hydrogens is 162 g/mol. The van der Waals surface area contributed by atoms with Crippen LogP contribution in [0.4, 0.5) is 0 Å². The van der Waals surface area contributed by atoms with Crippen LogP contribution in [0.15, 0.2) is 30.3 Å². The average molecular weight is 171 g/mol. The number of hydrogen-bond donors (Lipinski definition) is 0. The van der Waals surface area contributed by atoms with Gasteiger partial charge in [-0.3, -0.25) is 0 Å². The summed E-state index contributed by atoms with van der Waals surface area (Å²) in [5, 5.41) is 8.50. The molecular formula is C11H9NO. The summed E-state index contributed by atoms with van der Waals surface area (Å²) in [7, 11) is 0. The van der Waals surface area contributed by atoms with Crippen LogP contribution in [0.5, 0.6) is 5.75 Å². The van der Waals surface area contributed by atoms with Crippen molar-refractivity contribution in [3.63, 3.8) is 0 Å². The lowest BCUT2D eigenvalue weighted by Gasteiger charge is -2.18. The van der Waals surface area contributed by atoms with Gasteiger partial charge in [0.2, 0.25) is 0 Å². The van der Waals surface area contributed by atoms with Gasteiger partial charge in [0.15, 0.2) is 0 Å². The number of rotatable bonds is 1. The Morgan fingerprint density at radius 1 is 1.38 bits per heavy atom. The maximum atomic E-state index is 8.50. The van der Waals surface area contributed by atoms with Crippen molar-refractivity contribution in [1.82, 2.24) is 0 Å². The third-order valence-corrected chi connectivity index (χ3v) is 1.98. The summed E-state index contributed by atoms with van der Waals surface area (Å²) in [6.07, 6.45) is 4.25. The molecule has 64 valence electrons. The number of benzene rings is 1. The monoisotopic (exact) mass is 171 g/mol. The van der Waals surface area contributed by atoms with E-state index in [1.54, 1.807) is 0 Å². The first kappa shape index (κ1) is 7.88. The quantitative estimate of drug-likeness (QED) is 0.649. The molecule has 1 heterocycles. The molecule has 1 aromatic rings. The van der Waals surface area contributed by atoms with Crippen molar-refractivity contribution in [3.8, 4) is 11.8 Å². The van der Waals surface area contributed by atoms with Gasteiger partial charge in [0, 0.05) is 5.56 Å². The Hall–Kier alpha value is -1.75. The molecule has 0 saturated heterocycles. The van der Waals surface area contributed by atoms with Gasteiger partial charge in [0.1, 0.15) is 11.9 Å². The number of ether oxygens (including phenoxy) is 1. The molecule has 0 fully saturated rings. The second kappa shape index (κ2) is 3.32. The fourth-order valence-corrected chi connectivity index (χ4v) is 1.34. The number of para-hydroxylation sites is 1. The van der Waals surface area contributed by atoms with E-state index in [1.165, 1.54) is 0 Å². The molecule has 1 unspecified atom stereocenters. The van der Waals surface area contributed by atoms with Crippen molar-refractivity contribution in [1.29, 1.82) is 5.26 Å². The van der Waals surface area contributed by atoms with E-state index in [1.807, 2.05) is 36.4 Å². The fourth-order valence-electron chi connectivity index (χ4n) is 1.34. The Labute approximate surface area is 77.1 Å². The van der Waals surface area contributed by atoms with E-state index < -0.39 is 0 Å². The molecule has 2 nitrogen and oxygen atoms in total. The minimum atomic E-state index is -0.0834. The van der Waals surface area contributed by atoms with Gasteiger partial charge in [0.25, 0.3) is 0 Å². The van der Waals surface area contributed by atoms with E-state index in [0.717, 1.165) is 11.3 Å². The number of nitrogens with zero attached hydrogens (tertiary/aromatic N) is 1. The van der Waals surface area contributed by atoms with Crippen LogP contribution >= 0.6 is 0 Å². The first-order chi connectivity index (χ1) is 6.40. The molecule has 0 bridgehead atoms. The molecule has 0 N–H and O–H groups in total. The second-order valence-electron chi connectivity index (χ2n) is 2.92. The second-order valence-corrected chi connectivity index (χ2v) is 2.92. The van der Waals surface area contributed by atoms with Crippen LogP contribution in [0.3, 0.4) is 0 Å². The summed E-state index contributed by atoms with van der Waals surface area (Å²) >= 11 is 0. The molecule has 1 atom stereocenters. The third-order valence-electron chi connectivity index (χ3n) is 1.98. The Morgan fingerprint density at radius 2 is 2.23 bits per heavy atom. The minimum Gasteiger partial charge on any atom is -0.485 e. The van der Waals surface area contributed by atoms with Crippen LogP contribution in [0.25, 0.3) is 6.08 Å². The Kier molecular flexibility index (Phi) is 2.01. The van der Waals surface area contributed by atoms with Crippen LogP contribution in [0.2, 0.25) is 0 Å². The highest BCUT2D eigenvalue weighted by atomic mass is 16.5. The lowest BCUT2D eigenvalue weighted by molar-refractivity contribution is 0.251. The van der Waals surface area contributed by atoms with Gasteiger partial charge in [-0.05, 0) is 12.1 Å². The Bertz CT molecular complexity index is 376. The largest absolute Gasteiger partial charge is 0.485 e. The van der Waals surface area contributed by atoms with Crippen molar-refractivity contribution < 1.29 is 4.74 Å². The van der Waals surface area contributed by atoms with E-state index in [4.69, 9.17) is 10.00 Å². The molecule has 0 aromatic heterocycles. The highest BCUT2D eigenvalue weighted by Crippen LogP contribution is 2.25. The number of nitriles is 1. The molecule has 0 amide bonds. The summed E-state index contributed by atoms with van der Waals surface area (Å²) in [4.78, 5) is 0. The number of hydrogen-bond acceptors (Lipinski definition) is 2. The van der Waals surface area contributed by atoms with Crippen molar-refractivity contribution in [2.24, 2.45) is 0 Å². The van der Waals surface area contributed by atoms with E-state index in [-0.39, 0.29) is 6.10 Å². The van der Waals surface area contributed by atoms with Gasteiger partial charge in [-0.1, -0.05) is 24.3 Å². The summed E-state index contributed by atoms with van der Waals surface area (Å²) in [5.74, 6) is 0.866. The van der Waals surface area contributed by atoms with Crippen LogP contribution in [0, 0.1) is 11.3 Å². The van der Waals surface area contributed by atoms with E-state index in [2.05, 4.69) is 6.07 Å². The van der Waals surface area contributed by atoms with Crippen LogP contribution in [0.1, 0.15) is 12.0 Å². The predicted octanol–water partition coefficient (Wildman–Crippen LogP) is 2.37. The van der Waals surface area contributed by atoms with Gasteiger partial charge < -0.3 is 4.74 Å². The van der Waals surface area contributed by atoms with E-state index in [9.17, 15) is 0 Å². The smallest absolute Gasteiger partial charge is 0.130 e. The average Bonchev–Trinajstić information content (AvgIpc) is 2.18. The molecule has 1 aliphatic heterocycles. The zero-order chi connectivity index (χ0) is 9.10. The highest BCUT2D eigenvalue weighted by molar-refractivity contribution is 5.59. The van der Waals surface area contributed by atoms with Gasteiger partial charge in [0.05, 0.1) is 12.5 Å². The molecule has 2 heteroatoms. The lowest BCUT2D eigenvalue weighted by Crippen LogP contribution is -2.15. The van der Waals surface area contributed by atoms with Crippen molar-refractivity contribution in [2.75, 3.05) is 0 Å². The number of fused-ring (bicyclic) bond motifs is 1. The maximum Gasteiger partial charge on any atom is 0.130 e. The van der Waals surface area contributed by atoms with Crippen molar-refractivity contribution >= 4 is 6.08 Å². The normalized spacial score (nSPS) is 18.5. The van der Waals surface area contributed by atoms with Crippen molar-refractivity contribution in [2.45, 2.75) is 12.5 Å². The summed E-state index contributed by atoms with van der Waals surface area (Å²) in [6.45, 7) is 0. The third kappa shape index (κ3) is 1.54. The van der Waals surface area contributed by atoms with Crippen molar-refractivity contribution in [3.05, 3.63) is 35.9 Å². The van der Waals surface area contributed by atoms with E-state index >= 15 is 0 Å². The first-order valence-electron chi connectivity index (χ1n) is 4.21. The van der Waals surface area contributed by atoms with Gasteiger partial charge in [-0.2, -0.15) is 5.26 Å². The zero-order valence-corrected chi connectivity index (χ0v) is 7.10. The summed E-state index contributed by atoms with van der Waals surface area (Å²) in [6, 6.07) is 9.91. The molecule has 1 aliphatic rings. The summed E-state index contributed by atoms with van der Waals surface area (Å²) < 4.78 is 5.56. The molecule has 0 aliphatic carbocycles. The van der Waals surface area contributed by atoms with Crippen LogP contribution in [-0.4, -0.2) is 6.10 Å². The van der Waals surface area contributed by atoms with Crippen LogP contribution < -0.4 is 4.74 Å². The van der Waals surface area contributed by atoms with Gasteiger partial charge in [-0.15, -0.1) is 0 Å². The Balaban J connectivity index is 2.25. The molecule has 1 aromatic carbocycles. The highest BCUT2D eigenvalue weighted by Gasteiger charge is 2.12. The zero-order valence-electron chi connectivity index (χ0n) is 7.10. The summed E-state index contributed by atoms with van der Waals surface area (Å²) in [5.41, 5.74) is 1.08. The van der Waals surface area contributed by atoms with E-state index in [0.29, 0.717) is 6.42 Å². The Morgan fingerprint density at radius 3 is 3.08 bits per heavy atom. The molecule has 0 radical (unpaired) electrons. The van der Waals surface area contributed by atoms with Gasteiger partial charge >= 0.3 is 0 Å². The topological polar surface area (TPSA) is 33.0 Å². The molecule has 13 heavy (non-hydrogen) atoms. The molecule has 0 saturated carbocycles. The maximum absolute atomic E-state index is 8.50. The first-order valence-corrected chi connectivity index (χ1v) is 4.21. The van der Waals surface area contributed by atoms with Gasteiger partial charge in [-0.25, -0.2) is 0 Å². The lowest BCUT2D eigenvalue weighted by atomic mass is 10.1. The predicted molar refractivity (Wildman–Crippen MR) is 50.1 cm³/mol. The van der Waals surface area contributed by atoms with Crippen LogP contribution in [-0.2, 0) is 0 Å². The minimum absolute atomic E-state index is 0.0834. The fraction of sp³-hybridized carbons (Fsp3) is 0.182. The standard InChI is InChI=1S/C11H9NO/c12-8-7-10-6-5-9-3-1-2-4-11(9)13-10/h1-6,10H,7H2.